The van der Waals surface area contributed by atoms with Crippen LogP contribution in [0.1, 0.15) is 25.7 Å². The van der Waals surface area contributed by atoms with Crippen molar-refractivity contribution in [1.29, 1.82) is 0 Å². The molecule has 0 atom stereocenters. The molecule has 5 heteroatoms. The van der Waals surface area contributed by atoms with E-state index in [4.69, 9.17) is 4.74 Å². The topological polar surface area (TPSA) is 55.4 Å². The number of ether oxygens (including phenoxy) is 1. The molecule has 1 fully saturated rings. The molecule has 1 aliphatic rings. The summed E-state index contributed by atoms with van der Waals surface area (Å²) in [5, 5.41) is 3.29. The van der Waals surface area contributed by atoms with E-state index in [0.29, 0.717) is 19.2 Å². The lowest BCUT2D eigenvalue weighted by molar-refractivity contribution is 0.217. The molecule has 1 aliphatic carbocycles. The molecule has 0 amide bonds. The fraction of sp³-hybridized carbons (Fsp3) is 1.00. The summed E-state index contributed by atoms with van der Waals surface area (Å²) in [5.74, 6) is 0.364. The SMILES string of the molecule is COCCS(=O)(=O)CCNC1CCCC1. The van der Waals surface area contributed by atoms with E-state index in [2.05, 4.69) is 5.32 Å². The Kier molecular flexibility index (Phi) is 5.56. The summed E-state index contributed by atoms with van der Waals surface area (Å²) in [6, 6.07) is 0.544. The number of sulfone groups is 1. The third kappa shape index (κ3) is 5.49. The van der Waals surface area contributed by atoms with Gasteiger partial charge >= 0.3 is 0 Å². The zero-order chi connectivity index (χ0) is 11.1. The minimum Gasteiger partial charge on any atom is -0.384 e. The van der Waals surface area contributed by atoms with Crippen molar-refractivity contribution in [3.8, 4) is 0 Å². The predicted octanol–water partition coefficient (Wildman–Crippen LogP) is 0.580. The highest BCUT2D eigenvalue weighted by Gasteiger charge is 2.15. The first-order valence-corrected chi connectivity index (χ1v) is 7.39. The highest BCUT2D eigenvalue weighted by Crippen LogP contribution is 2.17. The molecule has 4 nitrogen and oxygen atoms in total. The molecule has 0 heterocycles. The van der Waals surface area contributed by atoms with E-state index in [0.717, 1.165) is 0 Å². The minimum absolute atomic E-state index is 0.135. The number of hydrogen-bond acceptors (Lipinski definition) is 4. The van der Waals surface area contributed by atoms with Gasteiger partial charge < -0.3 is 10.1 Å². The molecule has 0 bridgehead atoms. The maximum absolute atomic E-state index is 11.4. The van der Waals surface area contributed by atoms with Crippen LogP contribution in [0.25, 0.3) is 0 Å². The zero-order valence-electron chi connectivity index (χ0n) is 9.37. The Bertz CT molecular complexity index is 258. The van der Waals surface area contributed by atoms with Crippen molar-refractivity contribution in [1.82, 2.24) is 5.32 Å². The monoisotopic (exact) mass is 235 g/mol. The first-order chi connectivity index (χ1) is 7.14. The fourth-order valence-electron chi connectivity index (χ4n) is 1.86. The Morgan fingerprint density at radius 3 is 2.53 bits per heavy atom. The number of nitrogens with one attached hydrogen (secondary N) is 1. The molecular weight excluding hydrogens is 214 g/mol. The normalized spacial score (nSPS) is 18.5. The average molecular weight is 235 g/mol. The number of hydrogen-bond donors (Lipinski definition) is 1. The Hall–Kier alpha value is -0.130. The first-order valence-electron chi connectivity index (χ1n) is 5.57. The van der Waals surface area contributed by atoms with E-state index >= 15 is 0 Å². The molecule has 1 N–H and O–H groups in total. The van der Waals surface area contributed by atoms with Crippen LogP contribution in [0.4, 0.5) is 0 Å². The van der Waals surface area contributed by atoms with Crippen molar-refractivity contribution < 1.29 is 13.2 Å². The summed E-state index contributed by atoms with van der Waals surface area (Å²) in [6.45, 7) is 0.877. The van der Waals surface area contributed by atoms with Gasteiger partial charge in [-0.2, -0.15) is 0 Å². The Balaban J connectivity index is 2.12. The summed E-state index contributed by atoms with van der Waals surface area (Å²) < 4.78 is 27.6. The van der Waals surface area contributed by atoms with Crippen molar-refractivity contribution in [3.63, 3.8) is 0 Å². The molecule has 0 unspecified atom stereocenters. The molecule has 0 radical (unpaired) electrons. The van der Waals surface area contributed by atoms with Gasteiger partial charge in [-0.05, 0) is 12.8 Å². The second-order valence-electron chi connectivity index (χ2n) is 4.08. The summed E-state index contributed by atoms with van der Waals surface area (Å²) in [4.78, 5) is 0. The Morgan fingerprint density at radius 1 is 1.27 bits per heavy atom. The maximum Gasteiger partial charge on any atom is 0.153 e. The Labute approximate surface area is 92.3 Å². The van der Waals surface area contributed by atoms with Crippen molar-refractivity contribution in [2.75, 3.05) is 31.8 Å². The second-order valence-corrected chi connectivity index (χ2v) is 6.38. The summed E-state index contributed by atoms with van der Waals surface area (Å²) in [5.41, 5.74) is 0. The molecule has 90 valence electrons. The highest BCUT2D eigenvalue weighted by atomic mass is 32.2. The highest BCUT2D eigenvalue weighted by molar-refractivity contribution is 7.91. The van der Waals surface area contributed by atoms with Crippen LogP contribution < -0.4 is 5.32 Å². The van der Waals surface area contributed by atoms with Crippen LogP contribution in [-0.2, 0) is 14.6 Å². The zero-order valence-corrected chi connectivity index (χ0v) is 10.2. The van der Waals surface area contributed by atoms with Gasteiger partial charge in [0.2, 0.25) is 0 Å². The van der Waals surface area contributed by atoms with E-state index in [1.165, 1.54) is 32.8 Å². The number of rotatable bonds is 7. The van der Waals surface area contributed by atoms with E-state index in [1.807, 2.05) is 0 Å². The van der Waals surface area contributed by atoms with E-state index < -0.39 is 9.84 Å². The van der Waals surface area contributed by atoms with Crippen LogP contribution in [0, 0.1) is 0 Å². The number of methoxy groups -OCH3 is 1. The third-order valence-electron chi connectivity index (χ3n) is 2.80. The maximum atomic E-state index is 11.4. The summed E-state index contributed by atoms with van der Waals surface area (Å²) in [7, 11) is -1.40. The smallest absolute Gasteiger partial charge is 0.153 e. The quantitative estimate of drug-likeness (QED) is 0.701. The molecule has 0 saturated heterocycles. The minimum atomic E-state index is -2.92. The van der Waals surface area contributed by atoms with Gasteiger partial charge in [0.05, 0.1) is 18.1 Å². The third-order valence-corrected chi connectivity index (χ3v) is 4.41. The molecule has 0 spiro atoms. The molecule has 1 saturated carbocycles. The molecular formula is C10H21NO3S. The van der Waals surface area contributed by atoms with Gasteiger partial charge in [0.25, 0.3) is 0 Å². The summed E-state index contributed by atoms with van der Waals surface area (Å²) >= 11 is 0. The van der Waals surface area contributed by atoms with Crippen LogP contribution in [-0.4, -0.2) is 46.2 Å². The van der Waals surface area contributed by atoms with E-state index in [1.54, 1.807) is 0 Å². The second kappa shape index (κ2) is 6.45. The van der Waals surface area contributed by atoms with Gasteiger partial charge in [-0.15, -0.1) is 0 Å². The van der Waals surface area contributed by atoms with Crippen molar-refractivity contribution in [2.24, 2.45) is 0 Å². The van der Waals surface area contributed by atoms with Crippen LogP contribution in [0.3, 0.4) is 0 Å². The van der Waals surface area contributed by atoms with Gasteiger partial charge in [-0.1, -0.05) is 12.8 Å². The lowest BCUT2D eigenvalue weighted by Crippen LogP contribution is -2.32. The van der Waals surface area contributed by atoms with Crippen molar-refractivity contribution in [2.45, 2.75) is 31.7 Å². The lowest BCUT2D eigenvalue weighted by atomic mass is 10.2. The first kappa shape index (κ1) is 12.9. The van der Waals surface area contributed by atoms with Crippen LogP contribution in [0.15, 0.2) is 0 Å². The van der Waals surface area contributed by atoms with Crippen LogP contribution in [0.2, 0.25) is 0 Å². The van der Waals surface area contributed by atoms with Gasteiger partial charge in [0.1, 0.15) is 0 Å². The summed E-state index contributed by atoms with van der Waals surface area (Å²) in [6.07, 6.45) is 4.93. The van der Waals surface area contributed by atoms with E-state index in [-0.39, 0.29) is 11.5 Å². The molecule has 0 aromatic carbocycles. The molecule has 1 rings (SSSR count). The fourth-order valence-corrected chi connectivity index (χ4v) is 2.91. The van der Waals surface area contributed by atoms with Gasteiger partial charge in [0.15, 0.2) is 9.84 Å². The molecule has 0 aromatic heterocycles. The standard InChI is InChI=1S/C10H21NO3S/c1-14-7-9-15(12,13)8-6-11-10-4-2-3-5-10/h10-11H,2-9H2,1H3. The van der Waals surface area contributed by atoms with Crippen LogP contribution in [0.5, 0.6) is 0 Å². The Morgan fingerprint density at radius 2 is 1.93 bits per heavy atom. The van der Waals surface area contributed by atoms with Gasteiger partial charge in [-0.25, -0.2) is 8.42 Å². The van der Waals surface area contributed by atoms with Gasteiger partial charge in [0, 0.05) is 19.7 Å². The molecule has 0 aliphatic heterocycles. The van der Waals surface area contributed by atoms with Crippen LogP contribution >= 0.6 is 0 Å². The van der Waals surface area contributed by atoms with Crippen molar-refractivity contribution in [3.05, 3.63) is 0 Å². The molecule has 0 aromatic rings. The largest absolute Gasteiger partial charge is 0.384 e. The average Bonchev–Trinajstić information content (AvgIpc) is 2.67. The van der Waals surface area contributed by atoms with E-state index in [9.17, 15) is 8.42 Å². The lowest BCUT2D eigenvalue weighted by Gasteiger charge is -2.11. The van der Waals surface area contributed by atoms with Gasteiger partial charge in [-0.3, -0.25) is 0 Å². The predicted molar refractivity (Wildman–Crippen MR) is 60.8 cm³/mol. The molecule has 15 heavy (non-hydrogen) atoms. The van der Waals surface area contributed by atoms with Crippen molar-refractivity contribution >= 4 is 9.84 Å².